The van der Waals surface area contributed by atoms with Crippen LogP contribution in [0.1, 0.15) is 89.7 Å². The lowest BCUT2D eigenvalue weighted by Crippen LogP contribution is -2.35. The van der Waals surface area contributed by atoms with Crippen molar-refractivity contribution in [3.8, 4) is 11.5 Å². The number of benzene rings is 3. The molecule has 0 fully saturated rings. The average molecular weight is 538 g/mol. The molecular weight excluding hydrogens is 494 g/mol. The fourth-order valence-electron chi connectivity index (χ4n) is 6.15. The van der Waals surface area contributed by atoms with Gasteiger partial charge >= 0.3 is 0 Å². The molecule has 4 nitrogen and oxygen atoms in total. The van der Waals surface area contributed by atoms with Crippen LogP contribution >= 0.6 is 0 Å². The molecule has 0 radical (unpaired) electrons. The lowest BCUT2D eigenvalue weighted by molar-refractivity contribution is 0.101. The van der Waals surface area contributed by atoms with Crippen molar-refractivity contribution in [3.05, 3.63) is 107 Å². The van der Waals surface area contributed by atoms with Crippen molar-refractivity contribution in [1.82, 2.24) is 4.90 Å². The lowest BCUT2D eigenvalue weighted by Gasteiger charge is -2.36. The van der Waals surface area contributed by atoms with E-state index < -0.39 is 0 Å². The number of nitrogens with zero attached hydrogens (tertiary/aromatic N) is 1. The second kappa shape index (κ2) is 13.8. The van der Waals surface area contributed by atoms with Gasteiger partial charge in [-0.15, -0.1) is 6.58 Å². The summed E-state index contributed by atoms with van der Waals surface area (Å²) in [6, 6.07) is 21.6. The minimum absolute atomic E-state index is 0.0711. The Kier molecular flexibility index (Phi) is 9.72. The van der Waals surface area contributed by atoms with Gasteiger partial charge in [0.15, 0.2) is 5.78 Å². The average Bonchev–Trinajstić information content (AvgIpc) is 2.99. The summed E-state index contributed by atoms with van der Waals surface area (Å²) in [6.07, 6.45) is 12.2. The van der Waals surface area contributed by atoms with Crippen LogP contribution in [0.3, 0.4) is 0 Å². The van der Waals surface area contributed by atoms with Crippen LogP contribution < -0.4 is 9.47 Å². The van der Waals surface area contributed by atoms with E-state index in [2.05, 4.69) is 60.0 Å². The summed E-state index contributed by atoms with van der Waals surface area (Å²) in [5.74, 6) is 1.90. The summed E-state index contributed by atoms with van der Waals surface area (Å²) in [6.45, 7) is 8.73. The third-order valence-corrected chi connectivity index (χ3v) is 8.42. The fraction of sp³-hybridized carbons (Fsp3) is 0.417. The maximum atomic E-state index is 12.0. The number of rotatable bonds is 13. The Morgan fingerprint density at radius 1 is 1.02 bits per heavy atom. The van der Waals surface area contributed by atoms with Crippen molar-refractivity contribution in [2.75, 3.05) is 19.7 Å². The summed E-state index contributed by atoms with van der Waals surface area (Å²) >= 11 is 0. The highest BCUT2D eigenvalue weighted by Gasteiger charge is 2.27. The molecule has 3 aromatic carbocycles. The molecule has 0 saturated heterocycles. The Labute approximate surface area is 240 Å². The van der Waals surface area contributed by atoms with Crippen molar-refractivity contribution in [2.24, 2.45) is 0 Å². The van der Waals surface area contributed by atoms with Crippen LogP contribution in [0.15, 0.2) is 73.3 Å². The Hall–Kier alpha value is -3.37. The number of carbonyl (C=O) groups is 1. The van der Waals surface area contributed by atoms with E-state index >= 15 is 0 Å². The minimum Gasteiger partial charge on any atom is -0.493 e. The van der Waals surface area contributed by atoms with Crippen molar-refractivity contribution in [2.45, 2.75) is 77.4 Å². The number of unbranched alkanes of at least 4 members (excludes halogenated alkanes) is 2. The zero-order chi connectivity index (χ0) is 27.7. The van der Waals surface area contributed by atoms with Gasteiger partial charge < -0.3 is 9.47 Å². The van der Waals surface area contributed by atoms with Crippen molar-refractivity contribution < 1.29 is 14.3 Å². The van der Waals surface area contributed by atoms with Crippen LogP contribution in [0.4, 0.5) is 0 Å². The standard InChI is InChI=1S/C36H43NO3/c1-3-4-5-10-21-37(34-20-23-39-36-25-31(27(2)38)17-18-33(34)36)22-19-30-12-8-9-14-35(30)40-26-28-15-16-29-11-6-7-13-32(29)24-28/h3,8-9,12,14-18,24-25,34H,1,4-7,10-11,13,19-23,26H2,2H3. The van der Waals surface area contributed by atoms with E-state index in [1.165, 1.54) is 53.5 Å². The number of hydrogen-bond donors (Lipinski definition) is 0. The van der Waals surface area contributed by atoms with Gasteiger partial charge in [-0.2, -0.15) is 0 Å². The first-order valence-corrected chi connectivity index (χ1v) is 15.1. The fourth-order valence-corrected chi connectivity index (χ4v) is 6.15. The van der Waals surface area contributed by atoms with Crippen LogP contribution in [-0.4, -0.2) is 30.4 Å². The molecule has 210 valence electrons. The molecule has 40 heavy (non-hydrogen) atoms. The first-order chi connectivity index (χ1) is 19.6. The first kappa shape index (κ1) is 28.2. The van der Waals surface area contributed by atoms with E-state index in [0.717, 1.165) is 56.7 Å². The van der Waals surface area contributed by atoms with E-state index in [9.17, 15) is 4.79 Å². The Morgan fingerprint density at radius 3 is 2.73 bits per heavy atom. The van der Waals surface area contributed by atoms with Crippen LogP contribution in [0.2, 0.25) is 0 Å². The van der Waals surface area contributed by atoms with Crippen LogP contribution in [0.25, 0.3) is 0 Å². The highest BCUT2D eigenvalue weighted by atomic mass is 16.5. The molecule has 1 heterocycles. The molecule has 0 bridgehead atoms. The van der Waals surface area contributed by atoms with Gasteiger partial charge in [-0.05, 0) is 99.2 Å². The molecule has 4 heteroatoms. The van der Waals surface area contributed by atoms with Crippen LogP contribution in [-0.2, 0) is 25.9 Å². The molecule has 0 amide bonds. The van der Waals surface area contributed by atoms with E-state index in [0.29, 0.717) is 18.8 Å². The van der Waals surface area contributed by atoms with Gasteiger partial charge in [0.2, 0.25) is 0 Å². The van der Waals surface area contributed by atoms with Crippen LogP contribution in [0, 0.1) is 0 Å². The Bertz CT molecular complexity index is 1310. The number of hydrogen-bond acceptors (Lipinski definition) is 4. The van der Waals surface area contributed by atoms with Gasteiger partial charge in [0, 0.05) is 30.1 Å². The van der Waals surface area contributed by atoms with Gasteiger partial charge in [0.25, 0.3) is 0 Å². The second-order valence-electron chi connectivity index (χ2n) is 11.2. The predicted octanol–water partition coefficient (Wildman–Crippen LogP) is 8.07. The predicted molar refractivity (Wildman–Crippen MR) is 162 cm³/mol. The maximum absolute atomic E-state index is 12.0. The van der Waals surface area contributed by atoms with Gasteiger partial charge in [0.1, 0.15) is 18.1 Å². The molecule has 0 aromatic heterocycles. The molecule has 0 N–H and O–H groups in total. The smallest absolute Gasteiger partial charge is 0.159 e. The lowest BCUT2D eigenvalue weighted by atomic mass is 9.90. The summed E-state index contributed by atoms with van der Waals surface area (Å²) in [4.78, 5) is 14.6. The number of aryl methyl sites for hydroxylation is 2. The third kappa shape index (κ3) is 7.03. The first-order valence-electron chi connectivity index (χ1n) is 15.1. The molecule has 2 aliphatic rings. The number of allylic oxidation sites excluding steroid dienone is 1. The summed E-state index contributed by atoms with van der Waals surface area (Å²) in [5, 5.41) is 0. The van der Waals surface area contributed by atoms with E-state index in [4.69, 9.17) is 9.47 Å². The number of para-hydroxylation sites is 1. The number of ether oxygens (including phenoxy) is 2. The number of ketones is 1. The molecule has 0 spiro atoms. The Morgan fingerprint density at radius 2 is 1.88 bits per heavy atom. The molecule has 5 rings (SSSR count). The molecule has 0 saturated carbocycles. The molecule has 1 aliphatic heterocycles. The number of Topliss-reactive ketones (excluding diaryl/α,β-unsaturated/α-hetero) is 1. The van der Waals surface area contributed by atoms with Gasteiger partial charge in [-0.1, -0.05) is 54.6 Å². The second-order valence-corrected chi connectivity index (χ2v) is 11.2. The molecular formula is C36H43NO3. The van der Waals surface area contributed by atoms with E-state index in [1.807, 2.05) is 18.2 Å². The summed E-state index contributed by atoms with van der Waals surface area (Å²) < 4.78 is 12.4. The number of fused-ring (bicyclic) bond motifs is 2. The van der Waals surface area contributed by atoms with Crippen molar-refractivity contribution >= 4 is 5.78 Å². The molecule has 3 aromatic rings. The summed E-state index contributed by atoms with van der Waals surface area (Å²) in [7, 11) is 0. The zero-order valence-corrected chi connectivity index (χ0v) is 24.0. The van der Waals surface area contributed by atoms with Crippen LogP contribution in [0.5, 0.6) is 11.5 Å². The zero-order valence-electron chi connectivity index (χ0n) is 24.0. The third-order valence-electron chi connectivity index (χ3n) is 8.42. The number of carbonyl (C=O) groups excluding carboxylic acids is 1. The maximum Gasteiger partial charge on any atom is 0.159 e. The molecule has 1 unspecified atom stereocenters. The van der Waals surface area contributed by atoms with Gasteiger partial charge in [-0.25, -0.2) is 0 Å². The summed E-state index contributed by atoms with van der Waals surface area (Å²) in [5.41, 5.74) is 7.41. The largest absolute Gasteiger partial charge is 0.493 e. The van der Waals surface area contributed by atoms with Gasteiger partial charge in [0.05, 0.1) is 6.61 Å². The van der Waals surface area contributed by atoms with E-state index in [-0.39, 0.29) is 11.8 Å². The van der Waals surface area contributed by atoms with Gasteiger partial charge in [-0.3, -0.25) is 9.69 Å². The molecule has 1 atom stereocenters. The van der Waals surface area contributed by atoms with Crippen molar-refractivity contribution in [3.63, 3.8) is 0 Å². The van der Waals surface area contributed by atoms with E-state index in [1.54, 1.807) is 6.92 Å². The van der Waals surface area contributed by atoms with Crippen molar-refractivity contribution in [1.29, 1.82) is 0 Å². The minimum atomic E-state index is 0.0711. The quantitative estimate of drug-likeness (QED) is 0.126. The Balaban J connectivity index is 1.29. The monoisotopic (exact) mass is 537 g/mol. The normalized spacial score (nSPS) is 16.1. The molecule has 1 aliphatic carbocycles. The topological polar surface area (TPSA) is 38.8 Å². The highest BCUT2D eigenvalue weighted by molar-refractivity contribution is 5.94. The highest BCUT2D eigenvalue weighted by Crippen LogP contribution is 2.37. The SMILES string of the molecule is C=CCCCCN(CCc1ccccc1OCc1ccc2c(c1)CCCC2)C1CCOc2cc(C(C)=O)ccc21.